The van der Waals surface area contributed by atoms with E-state index in [4.69, 9.17) is 4.74 Å². The number of piperidine rings is 3. The van der Waals surface area contributed by atoms with Crippen LogP contribution < -0.4 is 5.32 Å². The second-order valence-corrected chi connectivity index (χ2v) is 9.27. The molecule has 5 heteroatoms. The number of alkyl carbamates (subject to hydrolysis) is 1. The number of ether oxygens (including phenoxy) is 1. The average Bonchev–Trinajstić information content (AvgIpc) is 2.87. The number of amides is 1. The van der Waals surface area contributed by atoms with Crippen LogP contribution in [0.2, 0.25) is 0 Å². The van der Waals surface area contributed by atoms with Crippen LogP contribution in [0.4, 0.5) is 4.79 Å². The van der Waals surface area contributed by atoms with Crippen LogP contribution in [0.25, 0.3) is 10.9 Å². The number of hydrogen-bond donors (Lipinski definition) is 1. The van der Waals surface area contributed by atoms with Crippen LogP contribution in [0.3, 0.4) is 0 Å². The van der Waals surface area contributed by atoms with E-state index in [9.17, 15) is 4.79 Å². The van der Waals surface area contributed by atoms with E-state index in [1.54, 1.807) is 0 Å². The third kappa shape index (κ3) is 4.38. The van der Waals surface area contributed by atoms with Gasteiger partial charge in [0, 0.05) is 23.7 Å². The maximum absolute atomic E-state index is 13.1. The van der Waals surface area contributed by atoms with Gasteiger partial charge in [0.05, 0.1) is 17.6 Å². The van der Waals surface area contributed by atoms with Crippen molar-refractivity contribution in [1.29, 1.82) is 0 Å². The van der Waals surface area contributed by atoms with E-state index >= 15 is 0 Å². The fourth-order valence-corrected chi connectivity index (χ4v) is 5.56. The maximum Gasteiger partial charge on any atom is 0.408 e. The van der Waals surface area contributed by atoms with Gasteiger partial charge in [-0.25, -0.2) is 4.79 Å². The molecule has 0 radical (unpaired) electrons. The number of benzene rings is 2. The minimum atomic E-state index is -0.389. The lowest BCUT2D eigenvalue weighted by molar-refractivity contribution is -0.0501. The molecule has 2 aromatic carbocycles. The van der Waals surface area contributed by atoms with Gasteiger partial charge in [0.2, 0.25) is 0 Å². The Morgan fingerprint density at radius 1 is 1.18 bits per heavy atom. The van der Waals surface area contributed by atoms with Gasteiger partial charge in [-0.05, 0) is 55.8 Å². The number of rotatable bonds is 6. The van der Waals surface area contributed by atoms with Crippen LogP contribution >= 0.6 is 0 Å². The zero-order valence-corrected chi connectivity index (χ0v) is 19.1. The van der Waals surface area contributed by atoms with Gasteiger partial charge in [0.1, 0.15) is 6.10 Å². The summed E-state index contributed by atoms with van der Waals surface area (Å²) in [7, 11) is 0. The molecule has 3 saturated heterocycles. The normalized spacial score (nSPS) is 25.8. The van der Waals surface area contributed by atoms with E-state index < -0.39 is 0 Å². The SMILES string of the molecule is C=CC1CN2CCC1CC2C(OC(=O)NC(C)c1ccccc1)c1ccnc2ccccc12. The zero-order chi connectivity index (χ0) is 22.8. The number of para-hydroxylation sites is 1. The summed E-state index contributed by atoms with van der Waals surface area (Å²) in [6.07, 6.45) is 5.34. The van der Waals surface area contributed by atoms with Crippen molar-refractivity contribution in [2.24, 2.45) is 11.8 Å². The van der Waals surface area contributed by atoms with Crippen LogP contribution in [0.15, 0.2) is 79.5 Å². The number of nitrogens with zero attached hydrogens (tertiary/aromatic N) is 2. The van der Waals surface area contributed by atoms with Crippen LogP contribution in [0.1, 0.15) is 43.0 Å². The largest absolute Gasteiger partial charge is 0.440 e. The summed E-state index contributed by atoms with van der Waals surface area (Å²) in [5.74, 6) is 1.10. The lowest BCUT2D eigenvalue weighted by Gasteiger charge is -2.51. The van der Waals surface area contributed by atoms with Crippen molar-refractivity contribution < 1.29 is 9.53 Å². The standard InChI is InChI=1S/C28H31N3O2/c1-3-20-18-31-16-14-22(20)17-26(31)27(24-13-15-29-25-12-8-7-11-23(24)25)33-28(32)30-19(2)21-9-5-4-6-10-21/h3-13,15,19-20,22,26-27H,1,14,16-18H2,2H3,(H,30,32). The first-order valence-corrected chi connectivity index (χ1v) is 11.9. The Balaban J connectivity index is 1.44. The molecule has 170 valence electrons. The number of pyridine rings is 1. The Labute approximate surface area is 195 Å². The predicted octanol–water partition coefficient (Wildman–Crippen LogP) is 5.66. The predicted molar refractivity (Wildman–Crippen MR) is 131 cm³/mol. The lowest BCUT2D eigenvalue weighted by atomic mass is 9.73. The average molecular weight is 442 g/mol. The Bertz CT molecular complexity index is 1130. The fourth-order valence-electron chi connectivity index (χ4n) is 5.56. The van der Waals surface area contributed by atoms with Crippen molar-refractivity contribution in [1.82, 2.24) is 15.2 Å². The van der Waals surface area contributed by atoms with Gasteiger partial charge in [-0.2, -0.15) is 0 Å². The molecule has 1 amide bonds. The van der Waals surface area contributed by atoms with Crippen LogP contribution in [-0.4, -0.2) is 35.1 Å². The summed E-state index contributed by atoms with van der Waals surface area (Å²) in [4.78, 5) is 20.1. The summed E-state index contributed by atoms with van der Waals surface area (Å²) in [6, 6.07) is 20.1. The van der Waals surface area contributed by atoms with Gasteiger partial charge >= 0.3 is 6.09 Å². The molecule has 3 aliphatic rings. The maximum atomic E-state index is 13.1. The topological polar surface area (TPSA) is 54.5 Å². The van der Waals surface area contributed by atoms with Crippen molar-refractivity contribution >= 4 is 17.0 Å². The number of aromatic nitrogens is 1. The molecule has 5 nitrogen and oxygen atoms in total. The number of fused-ring (bicyclic) bond motifs is 4. The van der Waals surface area contributed by atoms with E-state index in [1.807, 2.05) is 67.7 Å². The Kier molecular flexibility index (Phi) is 6.14. The summed E-state index contributed by atoms with van der Waals surface area (Å²) in [5.41, 5.74) is 2.99. The van der Waals surface area contributed by atoms with Crippen LogP contribution in [0, 0.1) is 11.8 Å². The van der Waals surface area contributed by atoms with E-state index in [1.165, 1.54) is 6.42 Å². The summed E-state index contributed by atoms with van der Waals surface area (Å²) >= 11 is 0. The van der Waals surface area contributed by atoms with Crippen LogP contribution in [-0.2, 0) is 4.74 Å². The number of carbonyl (C=O) groups is 1. The molecule has 6 rings (SSSR count). The molecular weight excluding hydrogens is 410 g/mol. The van der Waals surface area contributed by atoms with Crippen molar-refractivity contribution in [2.75, 3.05) is 13.1 Å². The summed E-state index contributed by atoms with van der Waals surface area (Å²) in [5, 5.41) is 4.07. The third-order valence-electron chi connectivity index (χ3n) is 7.36. The quantitative estimate of drug-likeness (QED) is 0.502. The van der Waals surface area contributed by atoms with Crippen LogP contribution in [0.5, 0.6) is 0 Å². The van der Waals surface area contributed by atoms with Gasteiger partial charge in [0.25, 0.3) is 0 Å². The molecule has 6 atom stereocenters. The molecule has 6 unspecified atom stereocenters. The molecule has 3 aliphatic heterocycles. The molecule has 1 N–H and O–H groups in total. The highest BCUT2D eigenvalue weighted by atomic mass is 16.6. The molecule has 1 aromatic heterocycles. The van der Waals surface area contributed by atoms with Gasteiger partial charge in [-0.3, -0.25) is 9.88 Å². The number of carbonyl (C=O) groups excluding carboxylic acids is 1. The van der Waals surface area contributed by atoms with E-state index in [0.717, 1.165) is 41.5 Å². The van der Waals surface area contributed by atoms with E-state index in [2.05, 4.69) is 33.9 Å². The highest BCUT2D eigenvalue weighted by molar-refractivity contribution is 5.82. The van der Waals surface area contributed by atoms with Gasteiger partial charge in [-0.1, -0.05) is 54.6 Å². The molecule has 3 aromatic rings. The lowest BCUT2D eigenvalue weighted by Crippen LogP contribution is -2.55. The molecule has 3 fully saturated rings. The Morgan fingerprint density at radius 3 is 2.73 bits per heavy atom. The zero-order valence-electron chi connectivity index (χ0n) is 19.1. The molecule has 33 heavy (non-hydrogen) atoms. The first kappa shape index (κ1) is 21.7. The van der Waals surface area contributed by atoms with Crippen molar-refractivity contribution in [3.63, 3.8) is 0 Å². The number of hydrogen-bond acceptors (Lipinski definition) is 4. The molecule has 0 aliphatic carbocycles. The Morgan fingerprint density at radius 2 is 1.97 bits per heavy atom. The van der Waals surface area contributed by atoms with Crippen molar-refractivity contribution in [2.45, 2.75) is 38.0 Å². The molecule has 0 spiro atoms. The van der Waals surface area contributed by atoms with Crippen molar-refractivity contribution in [3.8, 4) is 0 Å². The highest BCUT2D eigenvalue weighted by Crippen LogP contribution is 2.43. The third-order valence-corrected chi connectivity index (χ3v) is 7.36. The smallest absolute Gasteiger partial charge is 0.408 e. The van der Waals surface area contributed by atoms with E-state index in [-0.39, 0.29) is 24.3 Å². The minimum Gasteiger partial charge on any atom is -0.440 e. The second-order valence-electron chi connectivity index (χ2n) is 9.27. The first-order chi connectivity index (χ1) is 16.1. The second kappa shape index (κ2) is 9.36. The van der Waals surface area contributed by atoms with Gasteiger partial charge in [0.15, 0.2) is 0 Å². The molecular formula is C28H31N3O2. The summed E-state index contributed by atoms with van der Waals surface area (Å²) in [6.45, 7) is 8.04. The Hall–Kier alpha value is -3.18. The van der Waals surface area contributed by atoms with E-state index in [0.29, 0.717) is 11.8 Å². The van der Waals surface area contributed by atoms with Gasteiger partial charge in [-0.15, -0.1) is 6.58 Å². The minimum absolute atomic E-state index is 0.137. The fraction of sp³-hybridized carbons (Fsp3) is 0.357. The molecule has 0 saturated carbocycles. The summed E-state index contributed by atoms with van der Waals surface area (Å²) < 4.78 is 6.25. The first-order valence-electron chi connectivity index (χ1n) is 11.9. The molecule has 2 bridgehead atoms. The number of nitrogens with one attached hydrogen (secondary N) is 1. The molecule has 4 heterocycles. The van der Waals surface area contributed by atoms with Gasteiger partial charge < -0.3 is 10.1 Å². The van der Waals surface area contributed by atoms with Crippen molar-refractivity contribution in [3.05, 3.63) is 90.6 Å². The monoisotopic (exact) mass is 441 g/mol. The highest BCUT2D eigenvalue weighted by Gasteiger charge is 2.44.